The summed E-state index contributed by atoms with van der Waals surface area (Å²) in [5, 5.41) is 0. The largest absolute Gasteiger partial charge is 0.0683 e. The summed E-state index contributed by atoms with van der Waals surface area (Å²) in [5.74, 6) is 0. The van der Waals surface area contributed by atoms with Crippen molar-refractivity contribution >= 4 is 22.6 Å². The molecule has 0 radical (unpaired) electrons. The Labute approximate surface area is 90.5 Å². The smallest absolute Gasteiger partial charge is 0.0132 e. The first-order valence-corrected chi connectivity index (χ1v) is 5.59. The van der Waals surface area contributed by atoms with Crippen LogP contribution in [0.15, 0.2) is 24.3 Å². The summed E-state index contributed by atoms with van der Waals surface area (Å²) in [5.41, 5.74) is 1.33. The van der Waals surface area contributed by atoms with Gasteiger partial charge in [-0.15, -0.1) is 0 Å². The van der Waals surface area contributed by atoms with E-state index in [2.05, 4.69) is 53.8 Å². The van der Waals surface area contributed by atoms with Gasteiger partial charge in [0.2, 0.25) is 0 Å². The van der Waals surface area contributed by atoms with Crippen molar-refractivity contribution < 1.29 is 0 Å². The second-order valence-corrected chi connectivity index (χ2v) is 3.04. The van der Waals surface area contributed by atoms with E-state index in [-0.39, 0.29) is 0 Å². The van der Waals surface area contributed by atoms with Gasteiger partial charge in [0.05, 0.1) is 0 Å². The van der Waals surface area contributed by atoms with E-state index in [1.54, 1.807) is 0 Å². The van der Waals surface area contributed by atoms with Crippen LogP contribution >= 0.6 is 22.6 Å². The van der Waals surface area contributed by atoms with Crippen molar-refractivity contribution in [3.8, 4) is 0 Å². The molecule has 0 aliphatic rings. The highest BCUT2D eigenvalue weighted by Crippen LogP contribution is 2.05. The van der Waals surface area contributed by atoms with Crippen LogP contribution in [0.2, 0.25) is 0 Å². The van der Waals surface area contributed by atoms with Gasteiger partial charge >= 0.3 is 0 Å². The maximum Gasteiger partial charge on any atom is 0.0132 e. The summed E-state index contributed by atoms with van der Waals surface area (Å²) < 4.78 is 1.31. The van der Waals surface area contributed by atoms with Gasteiger partial charge in [0, 0.05) is 3.57 Å². The fraction of sp³-hybridized carbons (Fsp3) is 0.455. The standard InChI is InChI=1S/C7H7I.2C2H6/c1-6-3-2-4-7(8)5-6;2*1-2/h2-5H,1H3;2*1-2H3. The minimum absolute atomic E-state index is 1.31. The van der Waals surface area contributed by atoms with Gasteiger partial charge in [0.1, 0.15) is 0 Å². The molecule has 0 heterocycles. The topological polar surface area (TPSA) is 0 Å². The Balaban J connectivity index is 0. The fourth-order valence-corrected chi connectivity index (χ4v) is 1.30. The Morgan fingerprint density at radius 1 is 1.00 bits per heavy atom. The molecule has 0 spiro atoms. The summed E-state index contributed by atoms with van der Waals surface area (Å²) in [7, 11) is 0. The maximum absolute atomic E-state index is 2.31. The third-order valence-corrected chi connectivity index (χ3v) is 1.65. The van der Waals surface area contributed by atoms with E-state index in [9.17, 15) is 0 Å². The second kappa shape index (κ2) is 11.0. The minimum atomic E-state index is 1.31. The van der Waals surface area contributed by atoms with Crippen molar-refractivity contribution in [2.45, 2.75) is 34.6 Å². The molecule has 12 heavy (non-hydrogen) atoms. The maximum atomic E-state index is 2.31. The van der Waals surface area contributed by atoms with E-state index in [4.69, 9.17) is 0 Å². The molecule has 0 nitrogen and oxygen atoms in total. The van der Waals surface area contributed by atoms with E-state index in [0.29, 0.717) is 0 Å². The average Bonchev–Trinajstić information content (AvgIpc) is 2.11. The van der Waals surface area contributed by atoms with Gasteiger partial charge in [0.25, 0.3) is 0 Å². The van der Waals surface area contributed by atoms with Crippen molar-refractivity contribution in [3.05, 3.63) is 33.4 Å². The highest BCUT2D eigenvalue weighted by molar-refractivity contribution is 14.1. The van der Waals surface area contributed by atoms with Crippen LogP contribution in [0, 0.1) is 10.5 Å². The first-order chi connectivity index (χ1) is 5.79. The van der Waals surface area contributed by atoms with Gasteiger partial charge in [0.15, 0.2) is 0 Å². The number of rotatable bonds is 0. The van der Waals surface area contributed by atoms with Crippen molar-refractivity contribution in [1.82, 2.24) is 0 Å². The molecular formula is C11H19I. The summed E-state index contributed by atoms with van der Waals surface area (Å²) in [6, 6.07) is 8.41. The lowest BCUT2D eigenvalue weighted by Crippen LogP contribution is -1.70. The molecule has 0 aliphatic heterocycles. The van der Waals surface area contributed by atoms with Gasteiger partial charge in [-0.2, -0.15) is 0 Å². The monoisotopic (exact) mass is 278 g/mol. The second-order valence-electron chi connectivity index (χ2n) is 1.80. The van der Waals surface area contributed by atoms with Crippen LogP contribution in [0.3, 0.4) is 0 Å². The Morgan fingerprint density at radius 3 is 1.75 bits per heavy atom. The molecule has 1 heteroatoms. The molecule has 0 saturated heterocycles. The SMILES string of the molecule is CC.CC.Cc1cccc(I)c1. The Hall–Kier alpha value is -0.0500. The van der Waals surface area contributed by atoms with Crippen molar-refractivity contribution in [3.63, 3.8) is 0 Å². The zero-order chi connectivity index (χ0) is 9.98. The minimum Gasteiger partial charge on any atom is -0.0683 e. The van der Waals surface area contributed by atoms with E-state index in [0.717, 1.165) is 0 Å². The molecule has 0 saturated carbocycles. The van der Waals surface area contributed by atoms with Crippen LogP contribution in [-0.4, -0.2) is 0 Å². The van der Waals surface area contributed by atoms with E-state index in [1.165, 1.54) is 9.13 Å². The number of benzene rings is 1. The molecule has 0 amide bonds. The van der Waals surface area contributed by atoms with Crippen molar-refractivity contribution in [1.29, 1.82) is 0 Å². The normalized spacial score (nSPS) is 7.17. The van der Waals surface area contributed by atoms with Gasteiger partial charge < -0.3 is 0 Å². The summed E-state index contributed by atoms with van der Waals surface area (Å²) in [4.78, 5) is 0. The average molecular weight is 278 g/mol. The molecule has 0 N–H and O–H groups in total. The zero-order valence-electron chi connectivity index (χ0n) is 8.69. The molecule has 0 aliphatic carbocycles. The highest BCUT2D eigenvalue weighted by Gasteiger charge is 1.82. The molecule has 0 fully saturated rings. The summed E-state index contributed by atoms with van der Waals surface area (Å²) in [6.07, 6.45) is 0. The van der Waals surface area contributed by atoms with Crippen LogP contribution in [0.4, 0.5) is 0 Å². The lowest BCUT2D eigenvalue weighted by Gasteiger charge is -1.89. The lowest BCUT2D eigenvalue weighted by atomic mass is 10.2. The molecule has 1 aromatic rings. The van der Waals surface area contributed by atoms with Crippen LogP contribution in [0.5, 0.6) is 0 Å². The van der Waals surface area contributed by atoms with Gasteiger partial charge in [-0.3, -0.25) is 0 Å². The molecule has 70 valence electrons. The van der Waals surface area contributed by atoms with Crippen molar-refractivity contribution in [2.75, 3.05) is 0 Å². The molecule has 0 unspecified atom stereocenters. The first-order valence-electron chi connectivity index (χ1n) is 4.51. The number of halogens is 1. The Kier molecular flexibility index (Phi) is 13.2. The van der Waals surface area contributed by atoms with Gasteiger partial charge in [-0.05, 0) is 41.6 Å². The number of aryl methyl sites for hydroxylation is 1. The highest BCUT2D eigenvalue weighted by atomic mass is 127. The number of hydrogen-bond donors (Lipinski definition) is 0. The Bertz CT molecular complexity index is 165. The molecular weight excluding hydrogens is 259 g/mol. The third kappa shape index (κ3) is 8.05. The van der Waals surface area contributed by atoms with E-state index in [1.807, 2.05) is 27.7 Å². The molecule has 0 aromatic heterocycles. The van der Waals surface area contributed by atoms with E-state index >= 15 is 0 Å². The lowest BCUT2D eigenvalue weighted by molar-refractivity contribution is 1.45. The molecule has 1 aromatic carbocycles. The van der Waals surface area contributed by atoms with Gasteiger partial charge in [-0.25, -0.2) is 0 Å². The zero-order valence-corrected chi connectivity index (χ0v) is 10.8. The predicted molar refractivity (Wildman–Crippen MR) is 66.6 cm³/mol. The van der Waals surface area contributed by atoms with Gasteiger partial charge in [-0.1, -0.05) is 45.4 Å². The molecule has 0 bridgehead atoms. The first kappa shape index (κ1) is 14.5. The summed E-state index contributed by atoms with van der Waals surface area (Å²) in [6.45, 7) is 10.1. The van der Waals surface area contributed by atoms with Crippen LogP contribution in [0.1, 0.15) is 33.3 Å². The summed E-state index contributed by atoms with van der Waals surface area (Å²) >= 11 is 2.31. The number of hydrogen-bond acceptors (Lipinski definition) is 0. The van der Waals surface area contributed by atoms with E-state index < -0.39 is 0 Å². The van der Waals surface area contributed by atoms with Crippen LogP contribution in [0.25, 0.3) is 0 Å². The molecule has 1 rings (SSSR count). The van der Waals surface area contributed by atoms with Crippen LogP contribution < -0.4 is 0 Å². The van der Waals surface area contributed by atoms with Crippen LogP contribution in [-0.2, 0) is 0 Å². The third-order valence-electron chi connectivity index (χ3n) is 0.980. The Morgan fingerprint density at radius 2 is 1.50 bits per heavy atom. The quantitative estimate of drug-likeness (QED) is 0.606. The fourth-order valence-electron chi connectivity index (χ4n) is 0.606. The predicted octanol–water partition coefficient (Wildman–Crippen LogP) is 4.65. The van der Waals surface area contributed by atoms with Crippen molar-refractivity contribution in [2.24, 2.45) is 0 Å². The molecule has 0 atom stereocenters.